The van der Waals surface area contributed by atoms with Gasteiger partial charge in [0.25, 0.3) is 0 Å². The third kappa shape index (κ3) is 4.25. The molecule has 0 aromatic carbocycles. The summed E-state index contributed by atoms with van der Waals surface area (Å²) in [4.78, 5) is 1.01. The molecule has 1 saturated heterocycles. The van der Waals surface area contributed by atoms with Crippen molar-refractivity contribution in [3.63, 3.8) is 0 Å². The van der Waals surface area contributed by atoms with Gasteiger partial charge in [-0.25, -0.2) is 13.1 Å². The minimum absolute atomic E-state index is 0.378. The van der Waals surface area contributed by atoms with Gasteiger partial charge in [-0.05, 0) is 43.9 Å². The molecule has 2 rings (SSSR count). The number of hydrogen-bond acceptors (Lipinski definition) is 5. The first-order chi connectivity index (χ1) is 9.12. The Morgan fingerprint density at radius 2 is 2.11 bits per heavy atom. The van der Waals surface area contributed by atoms with Crippen LogP contribution in [0.3, 0.4) is 0 Å². The summed E-state index contributed by atoms with van der Waals surface area (Å²) < 4.78 is 32.6. The van der Waals surface area contributed by atoms with E-state index in [2.05, 4.69) is 4.72 Å². The normalized spacial score (nSPS) is 17.7. The van der Waals surface area contributed by atoms with Crippen LogP contribution in [0.1, 0.15) is 17.7 Å². The zero-order valence-corrected chi connectivity index (χ0v) is 12.4. The highest BCUT2D eigenvalue weighted by atomic mass is 32.2. The molecule has 1 aliphatic heterocycles. The predicted octanol–water partition coefficient (Wildman–Crippen LogP) is 0.954. The van der Waals surface area contributed by atoms with Crippen molar-refractivity contribution < 1.29 is 13.2 Å². The van der Waals surface area contributed by atoms with Crippen LogP contribution in [-0.2, 0) is 21.2 Å². The Morgan fingerprint density at radius 1 is 1.37 bits per heavy atom. The first kappa shape index (κ1) is 14.9. The van der Waals surface area contributed by atoms with Crippen LogP contribution >= 0.6 is 11.3 Å². The molecule has 0 spiro atoms. The standard InChI is InChI=1S/C12H20N2O3S2/c13-6-3-11-1-2-12(18-11)19(15,16)14-9-10-4-7-17-8-5-10/h1-2,10,14H,3-9,13H2. The predicted molar refractivity (Wildman–Crippen MR) is 75.8 cm³/mol. The van der Waals surface area contributed by atoms with Gasteiger partial charge >= 0.3 is 0 Å². The summed E-state index contributed by atoms with van der Waals surface area (Å²) in [5.41, 5.74) is 5.46. The van der Waals surface area contributed by atoms with Crippen LogP contribution in [0.5, 0.6) is 0 Å². The molecular formula is C12H20N2O3S2. The van der Waals surface area contributed by atoms with E-state index >= 15 is 0 Å². The Hall–Kier alpha value is -0.470. The fraction of sp³-hybridized carbons (Fsp3) is 0.667. The molecule has 0 unspecified atom stereocenters. The molecule has 5 nitrogen and oxygen atoms in total. The highest BCUT2D eigenvalue weighted by molar-refractivity contribution is 7.91. The van der Waals surface area contributed by atoms with Gasteiger partial charge in [0.1, 0.15) is 4.21 Å². The maximum Gasteiger partial charge on any atom is 0.250 e. The van der Waals surface area contributed by atoms with Gasteiger partial charge in [0.2, 0.25) is 10.0 Å². The fourth-order valence-electron chi connectivity index (χ4n) is 2.03. The summed E-state index contributed by atoms with van der Waals surface area (Å²) >= 11 is 1.30. The van der Waals surface area contributed by atoms with Crippen molar-refractivity contribution in [2.45, 2.75) is 23.5 Å². The van der Waals surface area contributed by atoms with Gasteiger partial charge in [-0.15, -0.1) is 11.3 Å². The van der Waals surface area contributed by atoms with Crippen molar-refractivity contribution in [2.75, 3.05) is 26.3 Å². The molecule has 0 aliphatic carbocycles. The number of nitrogens with two attached hydrogens (primary N) is 1. The van der Waals surface area contributed by atoms with Gasteiger partial charge in [0, 0.05) is 24.6 Å². The van der Waals surface area contributed by atoms with Crippen LogP contribution in [0.25, 0.3) is 0 Å². The van der Waals surface area contributed by atoms with Crippen LogP contribution in [0.15, 0.2) is 16.3 Å². The topological polar surface area (TPSA) is 81.4 Å². The SMILES string of the molecule is NCCc1ccc(S(=O)(=O)NCC2CCOCC2)s1. The summed E-state index contributed by atoms with van der Waals surface area (Å²) in [5, 5.41) is 0. The molecule has 0 atom stereocenters. The van der Waals surface area contributed by atoms with Crippen LogP contribution < -0.4 is 10.5 Å². The smallest absolute Gasteiger partial charge is 0.250 e. The van der Waals surface area contributed by atoms with Crippen LogP contribution in [-0.4, -0.2) is 34.7 Å². The molecular weight excluding hydrogens is 284 g/mol. The molecule has 2 heterocycles. The Balaban J connectivity index is 1.92. The molecule has 1 aromatic rings. The average Bonchev–Trinajstić information content (AvgIpc) is 2.88. The lowest BCUT2D eigenvalue weighted by atomic mass is 10.0. The van der Waals surface area contributed by atoms with Crippen molar-refractivity contribution in [3.8, 4) is 0 Å². The zero-order chi connectivity index (χ0) is 13.7. The molecule has 0 amide bonds. The van der Waals surface area contributed by atoms with E-state index in [0.717, 1.165) is 37.4 Å². The summed E-state index contributed by atoms with van der Waals surface area (Å²) in [6, 6.07) is 3.49. The fourth-order valence-corrected chi connectivity index (χ4v) is 4.56. The van der Waals surface area contributed by atoms with Gasteiger partial charge in [0.05, 0.1) is 0 Å². The van der Waals surface area contributed by atoms with Crippen LogP contribution in [0.2, 0.25) is 0 Å². The zero-order valence-electron chi connectivity index (χ0n) is 10.8. The van der Waals surface area contributed by atoms with E-state index in [1.54, 1.807) is 6.07 Å². The first-order valence-electron chi connectivity index (χ1n) is 6.48. The largest absolute Gasteiger partial charge is 0.381 e. The lowest BCUT2D eigenvalue weighted by Gasteiger charge is -2.21. The van der Waals surface area contributed by atoms with E-state index in [4.69, 9.17) is 10.5 Å². The highest BCUT2D eigenvalue weighted by Crippen LogP contribution is 2.22. The number of hydrogen-bond donors (Lipinski definition) is 2. The van der Waals surface area contributed by atoms with E-state index in [9.17, 15) is 8.42 Å². The third-order valence-electron chi connectivity index (χ3n) is 3.20. The first-order valence-corrected chi connectivity index (χ1v) is 8.78. The van der Waals surface area contributed by atoms with Crippen LogP contribution in [0.4, 0.5) is 0 Å². The van der Waals surface area contributed by atoms with Gasteiger partial charge in [-0.2, -0.15) is 0 Å². The average molecular weight is 304 g/mol. The molecule has 0 bridgehead atoms. The van der Waals surface area contributed by atoms with E-state index in [-0.39, 0.29) is 0 Å². The third-order valence-corrected chi connectivity index (χ3v) is 6.26. The van der Waals surface area contributed by atoms with E-state index in [1.165, 1.54) is 11.3 Å². The highest BCUT2D eigenvalue weighted by Gasteiger charge is 2.20. The minimum Gasteiger partial charge on any atom is -0.381 e. The Labute approximate surface area is 118 Å². The quantitative estimate of drug-likeness (QED) is 0.820. The molecule has 1 aliphatic rings. The second-order valence-corrected chi connectivity index (χ2v) is 7.83. The number of thiophene rings is 1. The molecule has 19 heavy (non-hydrogen) atoms. The Kier molecular flexibility index (Phi) is 5.35. The Bertz CT molecular complexity index is 493. The molecule has 1 aromatic heterocycles. The van der Waals surface area contributed by atoms with Crippen molar-refractivity contribution in [1.82, 2.24) is 4.72 Å². The second kappa shape index (κ2) is 6.81. The number of rotatable bonds is 6. The van der Waals surface area contributed by atoms with Crippen LogP contribution in [0, 0.1) is 5.92 Å². The summed E-state index contributed by atoms with van der Waals surface area (Å²) in [7, 11) is -3.37. The summed E-state index contributed by atoms with van der Waals surface area (Å²) in [6.07, 6.45) is 2.57. The van der Waals surface area contributed by atoms with Gasteiger partial charge in [0.15, 0.2) is 0 Å². The van der Waals surface area contributed by atoms with Gasteiger partial charge < -0.3 is 10.5 Å². The van der Waals surface area contributed by atoms with Crippen molar-refractivity contribution >= 4 is 21.4 Å². The summed E-state index contributed by atoms with van der Waals surface area (Å²) in [5.74, 6) is 0.381. The minimum atomic E-state index is -3.37. The van der Waals surface area contributed by atoms with Crippen molar-refractivity contribution in [3.05, 3.63) is 17.0 Å². The Morgan fingerprint density at radius 3 is 2.79 bits per heavy atom. The lowest BCUT2D eigenvalue weighted by molar-refractivity contribution is 0.0678. The molecule has 7 heteroatoms. The van der Waals surface area contributed by atoms with E-state index in [1.807, 2.05) is 6.07 Å². The number of nitrogens with one attached hydrogen (secondary N) is 1. The van der Waals surface area contributed by atoms with E-state index in [0.29, 0.717) is 23.2 Å². The molecule has 0 saturated carbocycles. The molecule has 108 valence electrons. The monoisotopic (exact) mass is 304 g/mol. The van der Waals surface area contributed by atoms with Gasteiger partial charge in [-0.1, -0.05) is 0 Å². The molecule has 0 radical (unpaired) electrons. The second-order valence-electron chi connectivity index (χ2n) is 4.67. The maximum atomic E-state index is 12.1. The van der Waals surface area contributed by atoms with Crippen molar-refractivity contribution in [2.24, 2.45) is 11.7 Å². The lowest BCUT2D eigenvalue weighted by Crippen LogP contribution is -2.31. The number of sulfonamides is 1. The maximum absolute atomic E-state index is 12.1. The summed E-state index contributed by atoms with van der Waals surface area (Å²) in [6.45, 7) is 2.49. The number of ether oxygens (including phenoxy) is 1. The van der Waals surface area contributed by atoms with Crippen molar-refractivity contribution in [1.29, 1.82) is 0 Å². The van der Waals surface area contributed by atoms with Gasteiger partial charge in [-0.3, -0.25) is 0 Å². The molecule has 3 N–H and O–H groups in total. The molecule has 1 fully saturated rings. The van der Waals surface area contributed by atoms with E-state index < -0.39 is 10.0 Å².